The standard InChI is InChI=1S/C7H14O7/c8-1-4(11)5(12)6(13)7(14,2-9)3-10/h2,4-6,8,10-14H,1,3H2/t4-,5-,6+,7-/m1/s1/i3D/t3?,4-,5-,6+,7-. The molecule has 0 aliphatic rings. The summed E-state index contributed by atoms with van der Waals surface area (Å²) in [7, 11) is 0. The van der Waals surface area contributed by atoms with E-state index in [0.29, 0.717) is 0 Å². The Bertz CT molecular complexity index is 212. The van der Waals surface area contributed by atoms with E-state index in [9.17, 15) is 15.0 Å². The van der Waals surface area contributed by atoms with Crippen LogP contribution >= 0.6 is 0 Å². The van der Waals surface area contributed by atoms with Gasteiger partial charge in [0.2, 0.25) is 0 Å². The van der Waals surface area contributed by atoms with Gasteiger partial charge < -0.3 is 30.6 Å². The van der Waals surface area contributed by atoms with Crippen LogP contribution in [0.3, 0.4) is 0 Å². The highest BCUT2D eigenvalue weighted by Gasteiger charge is 2.41. The zero-order valence-electron chi connectivity index (χ0n) is 8.19. The van der Waals surface area contributed by atoms with Crippen molar-refractivity contribution < 1.29 is 36.8 Å². The van der Waals surface area contributed by atoms with Crippen LogP contribution in [0.25, 0.3) is 0 Å². The van der Waals surface area contributed by atoms with Gasteiger partial charge in [0.05, 0.1) is 14.6 Å². The van der Waals surface area contributed by atoms with E-state index < -0.39 is 37.1 Å². The molecule has 5 atom stereocenters. The molecule has 0 aromatic heterocycles. The zero-order chi connectivity index (χ0) is 12.2. The number of aldehydes is 1. The summed E-state index contributed by atoms with van der Waals surface area (Å²) >= 11 is 0. The van der Waals surface area contributed by atoms with E-state index in [-0.39, 0.29) is 6.29 Å². The fourth-order valence-electron chi connectivity index (χ4n) is 0.768. The Morgan fingerprint density at radius 2 is 1.86 bits per heavy atom. The topological polar surface area (TPSA) is 138 Å². The van der Waals surface area contributed by atoms with Gasteiger partial charge in [0, 0.05) is 0 Å². The van der Waals surface area contributed by atoms with Crippen molar-refractivity contribution in [1.82, 2.24) is 0 Å². The average Bonchev–Trinajstić information content (AvgIpc) is 2.24. The molecule has 84 valence electrons. The van der Waals surface area contributed by atoms with Crippen molar-refractivity contribution in [3.05, 3.63) is 0 Å². The van der Waals surface area contributed by atoms with Crippen molar-refractivity contribution in [2.75, 3.05) is 13.2 Å². The number of carbonyl (C=O) groups is 1. The molecule has 14 heavy (non-hydrogen) atoms. The third-order valence-electron chi connectivity index (χ3n) is 1.77. The molecule has 7 heteroatoms. The fraction of sp³-hybridized carbons (Fsp3) is 0.857. The van der Waals surface area contributed by atoms with E-state index in [1.807, 2.05) is 0 Å². The molecular weight excluding hydrogens is 196 g/mol. The van der Waals surface area contributed by atoms with E-state index in [0.717, 1.165) is 0 Å². The summed E-state index contributed by atoms with van der Waals surface area (Å²) in [4.78, 5) is 10.4. The van der Waals surface area contributed by atoms with Crippen molar-refractivity contribution in [2.24, 2.45) is 0 Å². The van der Waals surface area contributed by atoms with E-state index in [1.54, 1.807) is 0 Å². The summed E-state index contributed by atoms with van der Waals surface area (Å²) in [6.07, 6.45) is -6.47. The number of aliphatic hydroxyl groups excluding tert-OH is 5. The molecule has 7 nitrogen and oxygen atoms in total. The molecule has 6 N–H and O–H groups in total. The van der Waals surface area contributed by atoms with Crippen molar-refractivity contribution in [3.8, 4) is 0 Å². The summed E-state index contributed by atoms with van der Waals surface area (Å²) in [6, 6.07) is 0. The lowest BCUT2D eigenvalue weighted by Gasteiger charge is -2.30. The van der Waals surface area contributed by atoms with Crippen molar-refractivity contribution in [1.29, 1.82) is 0 Å². The summed E-state index contributed by atoms with van der Waals surface area (Å²) < 4.78 is 6.71. The second-order valence-electron chi connectivity index (χ2n) is 2.82. The maximum Gasteiger partial charge on any atom is 0.171 e. The molecule has 0 aromatic carbocycles. The maximum absolute atomic E-state index is 10.4. The van der Waals surface area contributed by atoms with Gasteiger partial charge in [-0.05, 0) is 0 Å². The normalized spacial score (nSPS) is 25.4. The lowest BCUT2D eigenvalue weighted by atomic mass is 9.92. The number of rotatable bonds is 6. The molecule has 0 fully saturated rings. The maximum atomic E-state index is 10.4. The predicted molar refractivity (Wildman–Crippen MR) is 43.2 cm³/mol. The van der Waals surface area contributed by atoms with E-state index in [1.165, 1.54) is 0 Å². The lowest BCUT2D eigenvalue weighted by Crippen LogP contribution is -2.56. The van der Waals surface area contributed by atoms with Gasteiger partial charge in [-0.2, -0.15) is 0 Å². The van der Waals surface area contributed by atoms with Crippen molar-refractivity contribution in [3.63, 3.8) is 0 Å². The van der Waals surface area contributed by atoms with Gasteiger partial charge in [-0.25, -0.2) is 0 Å². The van der Waals surface area contributed by atoms with Gasteiger partial charge in [0.15, 0.2) is 11.9 Å². The molecule has 0 saturated carbocycles. The monoisotopic (exact) mass is 211 g/mol. The SMILES string of the molecule is [2H]C(O)[C@](O)(C=O)[C@@H](O)[C@H](O)[C@H](O)CO. The Labute approximate surface area is 81.3 Å². The van der Waals surface area contributed by atoms with Crippen molar-refractivity contribution >= 4 is 6.29 Å². The van der Waals surface area contributed by atoms with Gasteiger partial charge >= 0.3 is 0 Å². The smallest absolute Gasteiger partial charge is 0.171 e. The van der Waals surface area contributed by atoms with E-state index in [2.05, 4.69) is 0 Å². The summed E-state index contributed by atoms with van der Waals surface area (Å²) in [5.41, 5.74) is -2.92. The first-order chi connectivity index (χ1) is 6.81. The largest absolute Gasteiger partial charge is 0.394 e. The van der Waals surface area contributed by atoms with Crippen LogP contribution in [-0.2, 0) is 4.79 Å². The van der Waals surface area contributed by atoms with Crippen LogP contribution in [0.5, 0.6) is 0 Å². The highest BCUT2D eigenvalue weighted by Crippen LogP contribution is 2.13. The number of hydrogen-bond acceptors (Lipinski definition) is 7. The van der Waals surface area contributed by atoms with Crippen LogP contribution in [-0.4, -0.2) is 74.0 Å². The van der Waals surface area contributed by atoms with Gasteiger partial charge in [-0.15, -0.1) is 0 Å². The molecule has 0 amide bonds. The zero-order valence-corrected chi connectivity index (χ0v) is 7.19. The number of aliphatic hydroxyl groups is 6. The molecule has 0 spiro atoms. The molecule has 0 aliphatic carbocycles. The molecule has 0 radical (unpaired) electrons. The number of hydrogen-bond donors (Lipinski definition) is 6. The van der Waals surface area contributed by atoms with E-state index in [4.69, 9.17) is 21.8 Å². The Hall–Kier alpha value is -0.570. The van der Waals surface area contributed by atoms with Crippen molar-refractivity contribution in [2.45, 2.75) is 23.9 Å². The predicted octanol–water partition coefficient (Wildman–Crippen LogP) is -4.02. The quantitative estimate of drug-likeness (QED) is 0.246. The van der Waals surface area contributed by atoms with Gasteiger partial charge in [0.25, 0.3) is 0 Å². The first-order valence-electron chi connectivity index (χ1n) is 4.33. The third kappa shape index (κ3) is 2.71. The molecule has 0 saturated heterocycles. The minimum atomic E-state index is -2.92. The highest BCUT2D eigenvalue weighted by molar-refractivity contribution is 5.63. The van der Waals surface area contributed by atoms with Gasteiger partial charge in [-0.3, -0.25) is 4.79 Å². The molecule has 1 unspecified atom stereocenters. The Morgan fingerprint density at radius 3 is 2.14 bits per heavy atom. The Balaban J connectivity index is 4.79. The minimum absolute atomic E-state index is 0.317. The van der Waals surface area contributed by atoms with Crippen LogP contribution in [0, 0.1) is 0 Å². The molecule has 0 rings (SSSR count). The fourth-order valence-corrected chi connectivity index (χ4v) is 0.768. The van der Waals surface area contributed by atoms with Crippen LogP contribution in [0.1, 0.15) is 1.37 Å². The second kappa shape index (κ2) is 5.35. The highest BCUT2D eigenvalue weighted by atomic mass is 16.4. The summed E-state index contributed by atoms with van der Waals surface area (Å²) in [5, 5.41) is 53.7. The van der Waals surface area contributed by atoms with Crippen LogP contribution in [0.4, 0.5) is 0 Å². The second-order valence-corrected chi connectivity index (χ2v) is 2.82. The number of carbonyl (C=O) groups excluding carboxylic acids is 1. The molecule has 0 bridgehead atoms. The molecule has 0 aliphatic heterocycles. The summed E-state index contributed by atoms with van der Waals surface area (Å²) in [6.45, 7) is -3.30. The lowest BCUT2D eigenvalue weighted by molar-refractivity contribution is -0.173. The molecule has 0 aromatic rings. The third-order valence-corrected chi connectivity index (χ3v) is 1.77. The van der Waals surface area contributed by atoms with Crippen LogP contribution in [0.2, 0.25) is 0 Å². The first-order valence-corrected chi connectivity index (χ1v) is 3.75. The minimum Gasteiger partial charge on any atom is -0.394 e. The average molecular weight is 211 g/mol. The first kappa shape index (κ1) is 11.5. The van der Waals surface area contributed by atoms with Gasteiger partial charge in [-0.1, -0.05) is 0 Å². The Kier molecular flexibility index (Phi) is 4.39. The summed E-state index contributed by atoms with van der Waals surface area (Å²) in [5.74, 6) is 0. The van der Waals surface area contributed by atoms with Crippen LogP contribution < -0.4 is 0 Å². The molecule has 0 heterocycles. The van der Waals surface area contributed by atoms with E-state index >= 15 is 0 Å². The van der Waals surface area contributed by atoms with Gasteiger partial charge in [0.1, 0.15) is 18.3 Å². The Morgan fingerprint density at radius 1 is 1.36 bits per heavy atom. The van der Waals surface area contributed by atoms with Crippen LogP contribution in [0.15, 0.2) is 0 Å². The molecular formula is C7H14O7.